The minimum absolute atomic E-state index is 0.192. The van der Waals surface area contributed by atoms with E-state index in [-0.39, 0.29) is 11.4 Å². The van der Waals surface area contributed by atoms with E-state index >= 15 is 0 Å². The first kappa shape index (κ1) is 17.4. The van der Waals surface area contributed by atoms with Crippen molar-refractivity contribution in [3.63, 3.8) is 0 Å². The third kappa shape index (κ3) is 3.34. The molecule has 1 heterocycles. The Morgan fingerprint density at radius 2 is 1.52 bits per heavy atom. The number of aryl methyl sites for hydroxylation is 1. The highest BCUT2D eigenvalue weighted by Gasteiger charge is 2.26. The zero-order valence-corrected chi connectivity index (χ0v) is 15.7. The van der Waals surface area contributed by atoms with E-state index in [9.17, 15) is 8.42 Å². The molecule has 0 radical (unpaired) electrons. The summed E-state index contributed by atoms with van der Waals surface area (Å²) >= 11 is 0. The van der Waals surface area contributed by atoms with Gasteiger partial charge >= 0.3 is 0 Å². The summed E-state index contributed by atoms with van der Waals surface area (Å²) in [7, 11) is -3.72. The molecule has 27 heavy (non-hydrogen) atoms. The molecule has 0 aliphatic heterocycles. The molecule has 4 aromatic rings. The van der Waals surface area contributed by atoms with Gasteiger partial charge in [0.2, 0.25) is 0 Å². The Balaban J connectivity index is 1.81. The molecule has 0 aliphatic rings. The molecule has 0 unspecified atom stereocenters. The van der Waals surface area contributed by atoms with Crippen molar-refractivity contribution in [3.05, 3.63) is 96.3 Å². The first-order chi connectivity index (χ1) is 13.1. The highest BCUT2D eigenvalue weighted by molar-refractivity contribution is 7.92. The van der Waals surface area contributed by atoms with E-state index in [1.807, 2.05) is 61.5 Å². The van der Waals surface area contributed by atoms with Gasteiger partial charge < -0.3 is 4.42 Å². The largest absolute Gasteiger partial charge is 0.464 e. The molecule has 1 aromatic heterocycles. The van der Waals surface area contributed by atoms with Crippen molar-refractivity contribution in [3.8, 4) is 0 Å². The number of nitrogens with zero attached hydrogens (tertiary/aromatic N) is 1. The lowest BCUT2D eigenvalue weighted by molar-refractivity contribution is 0.588. The lowest BCUT2D eigenvalue weighted by Gasteiger charge is -2.24. The Morgan fingerprint density at radius 3 is 2.26 bits per heavy atom. The van der Waals surface area contributed by atoms with Gasteiger partial charge in [-0.2, -0.15) is 0 Å². The van der Waals surface area contributed by atoms with Crippen molar-refractivity contribution in [2.45, 2.75) is 18.4 Å². The van der Waals surface area contributed by atoms with Gasteiger partial charge in [0.15, 0.2) is 0 Å². The van der Waals surface area contributed by atoms with Crippen LogP contribution < -0.4 is 4.31 Å². The van der Waals surface area contributed by atoms with Crippen molar-refractivity contribution in [1.29, 1.82) is 0 Å². The molecular weight excluding hydrogens is 358 g/mol. The van der Waals surface area contributed by atoms with E-state index in [0.717, 1.165) is 22.1 Å². The fourth-order valence-electron chi connectivity index (χ4n) is 3.06. The van der Waals surface area contributed by atoms with Gasteiger partial charge in [-0.15, -0.1) is 0 Å². The van der Waals surface area contributed by atoms with Gasteiger partial charge in [-0.05, 0) is 37.3 Å². The van der Waals surface area contributed by atoms with Gasteiger partial charge in [0, 0.05) is 10.9 Å². The number of hydrogen-bond donors (Lipinski definition) is 0. The Kier molecular flexibility index (Phi) is 4.46. The summed E-state index contributed by atoms with van der Waals surface area (Å²) < 4.78 is 33.8. The van der Waals surface area contributed by atoms with Crippen LogP contribution in [-0.2, 0) is 16.6 Å². The zero-order valence-electron chi connectivity index (χ0n) is 14.9. The lowest BCUT2D eigenvalue weighted by Crippen LogP contribution is -2.30. The van der Waals surface area contributed by atoms with Gasteiger partial charge in [-0.25, -0.2) is 8.42 Å². The molecule has 3 aromatic carbocycles. The Bertz CT molecular complexity index is 1160. The molecule has 5 heteroatoms. The summed E-state index contributed by atoms with van der Waals surface area (Å²) in [5, 5.41) is 0.914. The van der Waals surface area contributed by atoms with E-state index in [4.69, 9.17) is 4.42 Å². The molecule has 0 atom stereocenters. The fourth-order valence-corrected chi connectivity index (χ4v) is 4.50. The van der Waals surface area contributed by atoms with Gasteiger partial charge in [0.05, 0.1) is 23.4 Å². The molecule has 136 valence electrons. The van der Waals surface area contributed by atoms with Crippen LogP contribution >= 0.6 is 0 Å². The average molecular weight is 377 g/mol. The molecule has 0 N–H and O–H groups in total. The monoisotopic (exact) mass is 377 g/mol. The SMILES string of the molecule is Cc1ccc(S(=O)(=O)N(Cc2coc3ccccc23)c2ccccc2)cc1. The first-order valence-electron chi connectivity index (χ1n) is 8.65. The Labute approximate surface area is 158 Å². The number of sulfonamides is 1. The van der Waals surface area contributed by atoms with E-state index in [0.29, 0.717) is 5.69 Å². The molecule has 0 bridgehead atoms. The van der Waals surface area contributed by atoms with Gasteiger partial charge in [0.25, 0.3) is 10.0 Å². The second kappa shape index (κ2) is 6.93. The van der Waals surface area contributed by atoms with Crippen molar-refractivity contribution in [2.75, 3.05) is 4.31 Å². The Morgan fingerprint density at radius 1 is 0.852 bits per heavy atom. The van der Waals surface area contributed by atoms with Crippen molar-refractivity contribution >= 4 is 26.7 Å². The number of benzene rings is 3. The third-order valence-corrected chi connectivity index (χ3v) is 6.32. The smallest absolute Gasteiger partial charge is 0.264 e. The highest BCUT2D eigenvalue weighted by atomic mass is 32.2. The Hall–Kier alpha value is -3.05. The second-order valence-electron chi connectivity index (χ2n) is 6.42. The van der Waals surface area contributed by atoms with Gasteiger partial charge in [-0.1, -0.05) is 54.1 Å². The van der Waals surface area contributed by atoms with Crippen LogP contribution in [0.1, 0.15) is 11.1 Å². The second-order valence-corrected chi connectivity index (χ2v) is 8.28. The number of para-hydroxylation sites is 2. The van der Waals surface area contributed by atoms with Gasteiger partial charge in [0.1, 0.15) is 5.58 Å². The standard InChI is InChI=1S/C22H19NO3S/c1-17-11-13-20(14-12-17)27(24,25)23(19-7-3-2-4-8-19)15-18-16-26-22-10-6-5-9-21(18)22/h2-14,16H,15H2,1H3. The third-order valence-electron chi connectivity index (χ3n) is 4.53. The quantitative estimate of drug-likeness (QED) is 0.484. The maximum Gasteiger partial charge on any atom is 0.264 e. The minimum atomic E-state index is -3.72. The van der Waals surface area contributed by atoms with Gasteiger partial charge in [-0.3, -0.25) is 4.31 Å². The average Bonchev–Trinajstić information content (AvgIpc) is 3.10. The number of anilines is 1. The van der Waals surface area contributed by atoms with E-state index in [2.05, 4.69) is 0 Å². The van der Waals surface area contributed by atoms with Crippen molar-refractivity contribution < 1.29 is 12.8 Å². The summed E-state index contributed by atoms with van der Waals surface area (Å²) in [6, 6.07) is 23.7. The summed E-state index contributed by atoms with van der Waals surface area (Å²) in [5.74, 6) is 0. The topological polar surface area (TPSA) is 50.5 Å². The van der Waals surface area contributed by atoms with E-state index < -0.39 is 10.0 Å². The van der Waals surface area contributed by atoms with Crippen LogP contribution in [0.5, 0.6) is 0 Å². The molecule has 0 spiro atoms. The molecular formula is C22H19NO3S. The number of furan rings is 1. The zero-order chi connectivity index (χ0) is 18.9. The predicted octanol–water partition coefficient (Wildman–Crippen LogP) is 5.14. The van der Waals surface area contributed by atoms with Crippen LogP contribution in [0, 0.1) is 6.92 Å². The molecule has 4 rings (SSSR count). The maximum absolute atomic E-state index is 13.4. The van der Waals surface area contributed by atoms with Crippen LogP contribution in [0.2, 0.25) is 0 Å². The molecule has 0 saturated carbocycles. The number of fused-ring (bicyclic) bond motifs is 1. The summed E-state index contributed by atoms with van der Waals surface area (Å²) in [6.07, 6.45) is 1.63. The van der Waals surface area contributed by atoms with E-state index in [1.165, 1.54) is 4.31 Å². The number of hydrogen-bond acceptors (Lipinski definition) is 3. The van der Waals surface area contributed by atoms with Crippen LogP contribution in [0.15, 0.2) is 94.4 Å². The summed E-state index contributed by atoms with van der Waals surface area (Å²) in [4.78, 5) is 0.268. The minimum Gasteiger partial charge on any atom is -0.464 e. The molecule has 0 fully saturated rings. The van der Waals surface area contributed by atoms with Crippen LogP contribution in [-0.4, -0.2) is 8.42 Å². The van der Waals surface area contributed by atoms with Crippen molar-refractivity contribution in [2.24, 2.45) is 0 Å². The molecule has 4 nitrogen and oxygen atoms in total. The van der Waals surface area contributed by atoms with Crippen molar-refractivity contribution in [1.82, 2.24) is 0 Å². The van der Waals surface area contributed by atoms with Crippen LogP contribution in [0.3, 0.4) is 0 Å². The molecule has 0 saturated heterocycles. The molecule has 0 aliphatic carbocycles. The fraction of sp³-hybridized carbons (Fsp3) is 0.0909. The molecule has 0 amide bonds. The number of rotatable bonds is 5. The van der Waals surface area contributed by atoms with Crippen LogP contribution in [0.4, 0.5) is 5.69 Å². The maximum atomic E-state index is 13.4. The predicted molar refractivity (Wildman–Crippen MR) is 107 cm³/mol. The van der Waals surface area contributed by atoms with E-state index in [1.54, 1.807) is 30.5 Å². The highest BCUT2D eigenvalue weighted by Crippen LogP contribution is 2.29. The first-order valence-corrected chi connectivity index (χ1v) is 10.1. The normalized spacial score (nSPS) is 11.6. The van der Waals surface area contributed by atoms with Crippen LogP contribution in [0.25, 0.3) is 11.0 Å². The summed E-state index contributed by atoms with van der Waals surface area (Å²) in [6.45, 7) is 2.13. The lowest BCUT2D eigenvalue weighted by atomic mass is 10.2. The summed E-state index contributed by atoms with van der Waals surface area (Å²) in [5.41, 5.74) is 3.20.